The van der Waals surface area contributed by atoms with E-state index in [1.165, 1.54) is 12.8 Å². The maximum Gasteiger partial charge on any atom is 0.137 e. The highest BCUT2D eigenvalue weighted by Crippen LogP contribution is 2.30. The van der Waals surface area contributed by atoms with Crippen molar-refractivity contribution >= 4 is 5.78 Å². The lowest BCUT2D eigenvalue weighted by atomic mass is 9.78. The van der Waals surface area contributed by atoms with E-state index in [1.54, 1.807) is 7.11 Å². The van der Waals surface area contributed by atoms with Crippen LogP contribution in [0.4, 0.5) is 0 Å². The monoisotopic (exact) mass is 241 g/mol. The number of ketones is 1. The minimum absolute atomic E-state index is 0.266. The van der Waals surface area contributed by atoms with Gasteiger partial charge in [-0.05, 0) is 25.8 Å². The van der Waals surface area contributed by atoms with E-state index in [2.05, 4.69) is 18.9 Å². The molecule has 1 saturated carbocycles. The van der Waals surface area contributed by atoms with Gasteiger partial charge in [-0.15, -0.1) is 0 Å². The molecule has 0 bridgehead atoms. The third kappa shape index (κ3) is 5.17. The Morgan fingerprint density at radius 1 is 1.47 bits per heavy atom. The van der Waals surface area contributed by atoms with Crippen LogP contribution >= 0.6 is 0 Å². The molecule has 0 spiro atoms. The predicted octanol–water partition coefficient (Wildman–Crippen LogP) is 2.35. The lowest BCUT2D eigenvalue weighted by Gasteiger charge is -2.30. The molecule has 1 fully saturated rings. The number of nitrogens with zero attached hydrogens (tertiary/aromatic N) is 1. The fourth-order valence-corrected chi connectivity index (χ4v) is 2.76. The van der Waals surface area contributed by atoms with E-state index in [4.69, 9.17) is 4.74 Å². The lowest BCUT2D eigenvalue weighted by Crippen LogP contribution is -2.36. The molecule has 3 nitrogen and oxygen atoms in total. The van der Waals surface area contributed by atoms with Crippen molar-refractivity contribution in [3.05, 3.63) is 0 Å². The van der Waals surface area contributed by atoms with Gasteiger partial charge in [0.05, 0.1) is 6.61 Å². The summed E-state index contributed by atoms with van der Waals surface area (Å²) in [5.74, 6) is 1.52. The number of carbonyl (C=O) groups is 1. The van der Waals surface area contributed by atoms with Crippen molar-refractivity contribution in [2.75, 3.05) is 33.9 Å². The Kier molecular flexibility index (Phi) is 6.75. The number of methoxy groups -OCH3 is 1. The molecule has 0 amide bonds. The lowest BCUT2D eigenvalue weighted by molar-refractivity contribution is -0.126. The van der Waals surface area contributed by atoms with E-state index < -0.39 is 0 Å². The van der Waals surface area contributed by atoms with E-state index in [0.29, 0.717) is 5.78 Å². The van der Waals surface area contributed by atoms with Gasteiger partial charge >= 0.3 is 0 Å². The summed E-state index contributed by atoms with van der Waals surface area (Å²) < 4.78 is 5.06. The number of likely N-dealkylation sites (N-methyl/N-ethyl adjacent to an activating group) is 1. The van der Waals surface area contributed by atoms with Gasteiger partial charge in [-0.25, -0.2) is 0 Å². The summed E-state index contributed by atoms with van der Waals surface area (Å²) in [6, 6.07) is 0. The zero-order valence-corrected chi connectivity index (χ0v) is 11.6. The van der Waals surface area contributed by atoms with Gasteiger partial charge in [0.1, 0.15) is 5.78 Å². The summed E-state index contributed by atoms with van der Waals surface area (Å²) in [6.07, 6.45) is 5.54. The first-order chi connectivity index (χ1) is 8.17. The quantitative estimate of drug-likeness (QED) is 0.685. The van der Waals surface area contributed by atoms with E-state index in [-0.39, 0.29) is 5.92 Å². The third-order valence-corrected chi connectivity index (χ3v) is 3.78. The number of hydrogen-bond donors (Lipinski definition) is 0. The highest BCUT2D eigenvalue weighted by atomic mass is 16.5. The van der Waals surface area contributed by atoms with Crippen LogP contribution in [0.15, 0.2) is 0 Å². The van der Waals surface area contributed by atoms with Crippen LogP contribution in [0, 0.1) is 11.8 Å². The summed E-state index contributed by atoms with van der Waals surface area (Å²) in [5.41, 5.74) is 0. The molecule has 1 rings (SSSR count). The molecule has 0 N–H and O–H groups in total. The van der Waals surface area contributed by atoms with Gasteiger partial charge in [0.2, 0.25) is 0 Å². The SMILES string of the molecule is CCCC1CCC(=O)C(CN(C)CCOC)C1. The zero-order valence-electron chi connectivity index (χ0n) is 11.6. The molecule has 0 aliphatic heterocycles. The third-order valence-electron chi connectivity index (χ3n) is 3.78. The Morgan fingerprint density at radius 2 is 2.24 bits per heavy atom. The highest BCUT2D eigenvalue weighted by Gasteiger charge is 2.28. The van der Waals surface area contributed by atoms with Crippen LogP contribution in [-0.2, 0) is 9.53 Å². The molecule has 0 saturated heterocycles. The van der Waals surface area contributed by atoms with Gasteiger partial charge in [0.25, 0.3) is 0 Å². The molecule has 0 aromatic heterocycles. The van der Waals surface area contributed by atoms with Crippen molar-refractivity contribution in [1.82, 2.24) is 4.90 Å². The van der Waals surface area contributed by atoms with Crippen LogP contribution in [-0.4, -0.2) is 44.5 Å². The van der Waals surface area contributed by atoms with Crippen LogP contribution in [0.2, 0.25) is 0 Å². The van der Waals surface area contributed by atoms with Crippen LogP contribution in [0.1, 0.15) is 39.0 Å². The van der Waals surface area contributed by atoms with Crippen molar-refractivity contribution in [2.24, 2.45) is 11.8 Å². The summed E-state index contributed by atoms with van der Waals surface area (Å²) in [5, 5.41) is 0. The van der Waals surface area contributed by atoms with Gasteiger partial charge in [0, 0.05) is 32.5 Å². The van der Waals surface area contributed by atoms with E-state index in [1.807, 2.05) is 0 Å². The summed E-state index contributed by atoms with van der Waals surface area (Å²) in [6.45, 7) is 4.80. The number of rotatable bonds is 7. The Bertz CT molecular complexity index is 230. The molecule has 100 valence electrons. The molecule has 17 heavy (non-hydrogen) atoms. The standard InChI is InChI=1S/C14H27NO2/c1-4-5-12-6-7-14(16)13(10-12)11-15(2)8-9-17-3/h12-13H,4-11H2,1-3H3. The Balaban J connectivity index is 2.36. The first-order valence-electron chi connectivity index (χ1n) is 6.87. The van der Waals surface area contributed by atoms with Crippen molar-refractivity contribution in [2.45, 2.75) is 39.0 Å². The van der Waals surface area contributed by atoms with Crippen molar-refractivity contribution < 1.29 is 9.53 Å². The maximum atomic E-state index is 11.9. The van der Waals surface area contributed by atoms with E-state index in [9.17, 15) is 4.79 Å². The number of ether oxygens (including phenoxy) is 1. The van der Waals surface area contributed by atoms with Gasteiger partial charge in [-0.3, -0.25) is 4.79 Å². The molecule has 2 atom stereocenters. The Morgan fingerprint density at radius 3 is 2.88 bits per heavy atom. The van der Waals surface area contributed by atoms with Crippen molar-refractivity contribution in [3.8, 4) is 0 Å². The second-order valence-corrected chi connectivity index (χ2v) is 5.35. The molecule has 1 aliphatic carbocycles. The van der Waals surface area contributed by atoms with Crippen LogP contribution in [0.5, 0.6) is 0 Å². The highest BCUT2D eigenvalue weighted by molar-refractivity contribution is 5.81. The van der Waals surface area contributed by atoms with Gasteiger partial charge < -0.3 is 9.64 Å². The average molecular weight is 241 g/mol. The minimum atomic E-state index is 0.266. The summed E-state index contributed by atoms with van der Waals surface area (Å²) in [7, 11) is 3.80. The van der Waals surface area contributed by atoms with Gasteiger partial charge in [0.15, 0.2) is 0 Å². The smallest absolute Gasteiger partial charge is 0.137 e. The van der Waals surface area contributed by atoms with E-state index in [0.717, 1.165) is 44.9 Å². The summed E-state index contributed by atoms with van der Waals surface area (Å²) >= 11 is 0. The van der Waals surface area contributed by atoms with Crippen LogP contribution in [0.25, 0.3) is 0 Å². The van der Waals surface area contributed by atoms with Crippen molar-refractivity contribution in [1.29, 1.82) is 0 Å². The summed E-state index contributed by atoms with van der Waals surface area (Å²) in [4.78, 5) is 14.1. The number of Topliss-reactive ketones (excluding diaryl/α,β-unsaturated/α-hetero) is 1. The number of hydrogen-bond acceptors (Lipinski definition) is 3. The minimum Gasteiger partial charge on any atom is -0.383 e. The van der Waals surface area contributed by atoms with Gasteiger partial charge in [-0.1, -0.05) is 19.8 Å². The second kappa shape index (κ2) is 7.83. The predicted molar refractivity (Wildman–Crippen MR) is 70.1 cm³/mol. The van der Waals surface area contributed by atoms with Crippen LogP contribution in [0.3, 0.4) is 0 Å². The van der Waals surface area contributed by atoms with Crippen molar-refractivity contribution in [3.63, 3.8) is 0 Å². The topological polar surface area (TPSA) is 29.5 Å². The van der Waals surface area contributed by atoms with Gasteiger partial charge in [-0.2, -0.15) is 0 Å². The Labute approximate surface area is 106 Å². The van der Waals surface area contributed by atoms with E-state index >= 15 is 0 Å². The molecule has 1 aliphatic rings. The fraction of sp³-hybridized carbons (Fsp3) is 0.929. The molecule has 0 aromatic carbocycles. The molecular formula is C14H27NO2. The molecule has 0 heterocycles. The maximum absolute atomic E-state index is 11.9. The second-order valence-electron chi connectivity index (χ2n) is 5.35. The zero-order chi connectivity index (χ0) is 12.7. The molecule has 0 radical (unpaired) electrons. The first kappa shape index (κ1) is 14.7. The molecular weight excluding hydrogens is 214 g/mol. The first-order valence-corrected chi connectivity index (χ1v) is 6.87. The molecule has 2 unspecified atom stereocenters. The number of carbonyl (C=O) groups excluding carboxylic acids is 1. The normalized spacial score (nSPS) is 25.5. The average Bonchev–Trinajstić information content (AvgIpc) is 2.31. The molecule has 3 heteroatoms. The fourth-order valence-electron chi connectivity index (χ4n) is 2.76. The van der Waals surface area contributed by atoms with Crippen LogP contribution < -0.4 is 0 Å². The Hall–Kier alpha value is -0.410. The largest absolute Gasteiger partial charge is 0.383 e. The molecule has 0 aromatic rings.